The Morgan fingerprint density at radius 2 is 1.71 bits per heavy atom. The Morgan fingerprint density at radius 3 is 2.14 bits per heavy atom. The highest BCUT2D eigenvalue weighted by molar-refractivity contribution is 5.88. The molecule has 1 aromatic heterocycles. The third kappa shape index (κ3) is 3.87. The molecule has 1 nitrogen and oxygen atoms in total. The maximum atomic E-state index is 3.90. The normalized spacial score (nSPS) is 15.7. The molecule has 0 bridgehead atoms. The lowest BCUT2D eigenvalue weighted by Gasteiger charge is -2.02. The number of rotatable bonds is 3. The van der Waals surface area contributed by atoms with Crippen LogP contribution in [-0.2, 0) is 6.42 Å². The van der Waals surface area contributed by atoms with Crippen molar-refractivity contribution in [2.75, 3.05) is 0 Å². The van der Waals surface area contributed by atoms with Gasteiger partial charge in [-0.15, -0.1) is 0 Å². The molecule has 0 saturated heterocycles. The van der Waals surface area contributed by atoms with E-state index in [0.29, 0.717) is 0 Å². The fraction of sp³-hybridized carbons (Fsp3) is 0.400. The van der Waals surface area contributed by atoms with Crippen LogP contribution in [0, 0.1) is 0 Å². The number of hydrogen-bond donors (Lipinski definition) is 1. The van der Waals surface area contributed by atoms with Gasteiger partial charge in [0.25, 0.3) is 0 Å². The Bertz CT molecular complexity index is 524. The smallest absolute Gasteiger partial charge is 0.0500 e. The van der Waals surface area contributed by atoms with Crippen LogP contribution in [0.25, 0.3) is 17.7 Å². The summed E-state index contributed by atoms with van der Waals surface area (Å²) in [5.41, 5.74) is 7.65. The number of aromatic nitrogens is 1. The van der Waals surface area contributed by atoms with Gasteiger partial charge in [-0.1, -0.05) is 66.0 Å². The Kier molecular flexibility index (Phi) is 9.20. The average Bonchev–Trinajstić information content (AvgIpc) is 3.05. The van der Waals surface area contributed by atoms with Gasteiger partial charge in [0.1, 0.15) is 0 Å². The van der Waals surface area contributed by atoms with Gasteiger partial charge in [-0.25, -0.2) is 0 Å². The predicted octanol–water partition coefficient (Wildman–Crippen LogP) is 6.65. The first-order chi connectivity index (χ1) is 10.3. The SMILES string of the molecule is C=Cc1[nH]c2c(c1C=C)CC(=C/CC)/C2=C\C.CC.CC. The largest absolute Gasteiger partial charge is 0.354 e. The van der Waals surface area contributed by atoms with Gasteiger partial charge >= 0.3 is 0 Å². The van der Waals surface area contributed by atoms with E-state index in [2.05, 4.69) is 44.1 Å². The van der Waals surface area contributed by atoms with Crippen LogP contribution in [0.15, 0.2) is 30.9 Å². The summed E-state index contributed by atoms with van der Waals surface area (Å²) in [7, 11) is 0. The number of hydrogen-bond acceptors (Lipinski definition) is 0. The molecule has 0 amide bonds. The third-order valence-corrected chi connectivity index (χ3v) is 3.31. The molecule has 0 unspecified atom stereocenters. The van der Waals surface area contributed by atoms with E-state index in [0.717, 1.165) is 18.5 Å². The molecule has 1 heterocycles. The first kappa shape index (κ1) is 19.2. The fourth-order valence-corrected chi connectivity index (χ4v) is 2.59. The molecule has 1 aliphatic rings. The molecule has 0 fully saturated rings. The molecule has 0 spiro atoms. The summed E-state index contributed by atoms with van der Waals surface area (Å²) < 4.78 is 0. The topological polar surface area (TPSA) is 15.8 Å². The van der Waals surface area contributed by atoms with Gasteiger partial charge in [-0.05, 0) is 36.1 Å². The minimum absolute atomic E-state index is 1.01. The zero-order valence-electron chi connectivity index (χ0n) is 14.6. The van der Waals surface area contributed by atoms with Crippen LogP contribution in [0.3, 0.4) is 0 Å². The second kappa shape index (κ2) is 10.0. The van der Waals surface area contributed by atoms with E-state index in [1.165, 1.54) is 28.0 Å². The van der Waals surface area contributed by atoms with E-state index in [-0.39, 0.29) is 0 Å². The lowest BCUT2D eigenvalue weighted by atomic mass is 10.1. The Morgan fingerprint density at radius 1 is 1.10 bits per heavy atom. The van der Waals surface area contributed by atoms with Crippen LogP contribution in [0.2, 0.25) is 0 Å². The quantitative estimate of drug-likeness (QED) is 0.640. The van der Waals surface area contributed by atoms with E-state index < -0.39 is 0 Å². The van der Waals surface area contributed by atoms with Gasteiger partial charge in [0.2, 0.25) is 0 Å². The summed E-state index contributed by atoms with van der Waals surface area (Å²) in [6.45, 7) is 20.0. The second-order valence-corrected chi connectivity index (χ2v) is 4.23. The molecule has 1 N–H and O–H groups in total. The lowest BCUT2D eigenvalue weighted by molar-refractivity contribution is 1.16. The molecule has 1 aromatic rings. The van der Waals surface area contributed by atoms with Gasteiger partial charge < -0.3 is 4.98 Å². The van der Waals surface area contributed by atoms with Crippen LogP contribution >= 0.6 is 0 Å². The summed E-state index contributed by atoms with van der Waals surface area (Å²) in [5.74, 6) is 0. The van der Waals surface area contributed by atoms with Gasteiger partial charge in [0, 0.05) is 23.4 Å². The monoisotopic (exact) mass is 285 g/mol. The summed E-state index contributed by atoms with van der Waals surface area (Å²) in [6.07, 6.45) is 10.4. The lowest BCUT2D eigenvalue weighted by Crippen LogP contribution is -1.86. The van der Waals surface area contributed by atoms with Crippen LogP contribution in [0.5, 0.6) is 0 Å². The number of allylic oxidation sites excluding steroid dienone is 4. The first-order valence-corrected chi connectivity index (χ1v) is 8.12. The van der Waals surface area contributed by atoms with Crippen molar-refractivity contribution in [2.24, 2.45) is 0 Å². The molecule has 0 aromatic carbocycles. The summed E-state index contributed by atoms with van der Waals surface area (Å²) in [4.78, 5) is 3.45. The van der Waals surface area contributed by atoms with Crippen LogP contribution in [0.4, 0.5) is 0 Å². The molecule has 1 aliphatic carbocycles. The van der Waals surface area contributed by atoms with Crippen molar-refractivity contribution in [3.05, 3.63) is 53.4 Å². The molecule has 0 radical (unpaired) electrons. The van der Waals surface area contributed by atoms with Crippen molar-refractivity contribution >= 4 is 17.7 Å². The molecule has 0 saturated carbocycles. The first-order valence-electron chi connectivity index (χ1n) is 8.12. The standard InChI is InChI=1S/C16H19N.2C2H6/c1-5-9-11-10-14-13(7-3)15(8-4)17-16(14)12(11)6-2;2*1-2/h6-9,17H,3-5,10H2,1-2H3;2*1-2H3/b11-9-,12-6+;;. The zero-order valence-corrected chi connectivity index (χ0v) is 14.6. The fourth-order valence-electron chi connectivity index (χ4n) is 2.59. The number of fused-ring (bicyclic) bond motifs is 1. The molecule has 116 valence electrons. The molecule has 0 aliphatic heterocycles. The Balaban J connectivity index is 0.000000921. The van der Waals surface area contributed by atoms with Crippen LogP contribution in [0.1, 0.15) is 70.5 Å². The van der Waals surface area contributed by atoms with E-state index in [1.54, 1.807) is 0 Å². The molecular formula is C20H31N. The van der Waals surface area contributed by atoms with E-state index in [4.69, 9.17) is 0 Å². The summed E-state index contributed by atoms with van der Waals surface area (Å²) >= 11 is 0. The van der Waals surface area contributed by atoms with Crippen molar-refractivity contribution < 1.29 is 0 Å². The van der Waals surface area contributed by atoms with E-state index in [9.17, 15) is 0 Å². The maximum Gasteiger partial charge on any atom is 0.0500 e. The van der Waals surface area contributed by atoms with Gasteiger partial charge in [0.05, 0.1) is 0 Å². The third-order valence-electron chi connectivity index (χ3n) is 3.31. The minimum atomic E-state index is 1.01. The van der Waals surface area contributed by atoms with Gasteiger partial charge in [0.15, 0.2) is 0 Å². The number of aromatic amines is 1. The number of nitrogens with one attached hydrogen (secondary N) is 1. The van der Waals surface area contributed by atoms with Crippen molar-refractivity contribution in [2.45, 2.75) is 54.4 Å². The highest BCUT2D eigenvalue weighted by Gasteiger charge is 2.25. The minimum Gasteiger partial charge on any atom is -0.354 e. The van der Waals surface area contributed by atoms with Gasteiger partial charge in [-0.3, -0.25) is 0 Å². The maximum absolute atomic E-state index is 3.90. The Labute approximate surface area is 131 Å². The summed E-state index contributed by atoms with van der Waals surface area (Å²) in [5, 5.41) is 0. The van der Waals surface area contributed by atoms with Crippen LogP contribution in [-0.4, -0.2) is 4.98 Å². The van der Waals surface area contributed by atoms with Crippen LogP contribution < -0.4 is 0 Å². The van der Waals surface area contributed by atoms with Crippen molar-refractivity contribution in [3.8, 4) is 0 Å². The average molecular weight is 285 g/mol. The highest BCUT2D eigenvalue weighted by atomic mass is 14.8. The van der Waals surface area contributed by atoms with Gasteiger partial charge in [-0.2, -0.15) is 0 Å². The molecule has 1 heteroatoms. The molecular weight excluding hydrogens is 254 g/mol. The predicted molar refractivity (Wildman–Crippen MR) is 99.4 cm³/mol. The van der Waals surface area contributed by atoms with E-state index >= 15 is 0 Å². The Hall–Kier alpha value is -1.76. The number of H-pyrrole nitrogens is 1. The van der Waals surface area contributed by atoms with E-state index in [1.807, 2.05) is 39.8 Å². The zero-order chi connectivity index (χ0) is 16.4. The molecule has 2 rings (SSSR count). The summed E-state index contributed by atoms with van der Waals surface area (Å²) in [6, 6.07) is 0. The molecule has 21 heavy (non-hydrogen) atoms. The second-order valence-electron chi connectivity index (χ2n) is 4.23. The van der Waals surface area contributed by atoms with Crippen molar-refractivity contribution in [1.82, 2.24) is 4.98 Å². The molecule has 0 atom stereocenters. The highest BCUT2D eigenvalue weighted by Crippen LogP contribution is 2.40. The van der Waals surface area contributed by atoms with Crippen molar-refractivity contribution in [1.29, 1.82) is 0 Å². The van der Waals surface area contributed by atoms with Crippen molar-refractivity contribution in [3.63, 3.8) is 0 Å².